The van der Waals surface area contributed by atoms with Crippen molar-refractivity contribution in [2.75, 3.05) is 6.61 Å². The molecule has 0 rings (SSSR count). The summed E-state index contributed by atoms with van der Waals surface area (Å²) in [6.07, 6.45) is -14.5. The molecular weight excluding hydrogens is 244 g/mol. The largest absolute Gasteiger partial charge is 0.426 e. The fourth-order valence-electron chi connectivity index (χ4n) is 1.05. The summed E-state index contributed by atoms with van der Waals surface area (Å²) in [6.45, 7) is -0.573. The molecule has 0 aromatic heterocycles. The third kappa shape index (κ3) is 2.98. The smallest absolute Gasteiger partial charge is 0.376 e. The maximum atomic E-state index is 12.4. The summed E-state index contributed by atoms with van der Waals surface area (Å²) in [5, 5.41) is 8.46. The lowest BCUT2D eigenvalue weighted by Crippen LogP contribution is -2.59. The Balaban J connectivity index is 5.16. The fraction of sp³-hybridized carbons (Fsp3) is 1.00. The molecular formula is C7H11F6NO2. The number of hydrogen-bond donors (Lipinski definition) is 2. The third-order valence-electron chi connectivity index (χ3n) is 1.91. The van der Waals surface area contributed by atoms with Gasteiger partial charge in [-0.3, -0.25) is 0 Å². The van der Waals surface area contributed by atoms with Crippen LogP contribution in [0, 0.1) is 0 Å². The molecule has 16 heavy (non-hydrogen) atoms. The molecule has 0 saturated carbocycles. The molecule has 0 saturated heterocycles. The van der Waals surface area contributed by atoms with Gasteiger partial charge in [0.05, 0.1) is 6.61 Å². The highest BCUT2D eigenvalue weighted by Gasteiger charge is 2.71. The Morgan fingerprint density at radius 3 is 1.69 bits per heavy atom. The summed E-state index contributed by atoms with van der Waals surface area (Å²) < 4.78 is 77.9. The second-order valence-electron chi connectivity index (χ2n) is 3.05. The van der Waals surface area contributed by atoms with Gasteiger partial charge in [-0.15, -0.1) is 0 Å². The average Bonchev–Trinajstić information content (AvgIpc) is 1.99. The van der Waals surface area contributed by atoms with E-state index in [1.165, 1.54) is 0 Å². The summed E-state index contributed by atoms with van der Waals surface area (Å²) in [7, 11) is 0. The van der Waals surface area contributed by atoms with E-state index in [-0.39, 0.29) is 0 Å². The van der Waals surface area contributed by atoms with E-state index in [1.807, 2.05) is 0 Å². The first-order chi connectivity index (χ1) is 6.98. The van der Waals surface area contributed by atoms with Gasteiger partial charge in [-0.25, -0.2) is 0 Å². The van der Waals surface area contributed by atoms with E-state index in [0.29, 0.717) is 6.92 Å². The van der Waals surface area contributed by atoms with Crippen molar-refractivity contribution in [3.8, 4) is 0 Å². The lowest BCUT2D eigenvalue weighted by molar-refractivity contribution is -0.384. The van der Waals surface area contributed by atoms with Crippen LogP contribution in [0.2, 0.25) is 0 Å². The first kappa shape index (κ1) is 15.5. The van der Waals surface area contributed by atoms with Crippen molar-refractivity contribution in [2.24, 2.45) is 5.73 Å². The van der Waals surface area contributed by atoms with Gasteiger partial charge < -0.3 is 15.6 Å². The molecule has 0 aliphatic carbocycles. The molecule has 0 bridgehead atoms. The van der Waals surface area contributed by atoms with Crippen molar-refractivity contribution in [2.45, 2.75) is 37.5 Å². The molecule has 0 heterocycles. The molecule has 98 valence electrons. The predicted molar refractivity (Wildman–Crippen MR) is 41.3 cm³/mol. The van der Waals surface area contributed by atoms with Crippen molar-refractivity contribution in [1.82, 2.24) is 0 Å². The molecule has 9 heteroatoms. The van der Waals surface area contributed by atoms with E-state index < -0.39 is 37.2 Å². The zero-order chi connectivity index (χ0) is 13.2. The molecule has 0 fully saturated rings. The molecule has 0 radical (unpaired) electrons. The molecule has 0 aromatic carbocycles. The van der Waals surface area contributed by atoms with Crippen LogP contribution < -0.4 is 5.73 Å². The van der Waals surface area contributed by atoms with E-state index in [1.54, 1.807) is 0 Å². The number of ether oxygens (including phenoxy) is 1. The SMILES string of the molecule is CCC(OC[C@H](N)O)(C(F)(F)F)C(F)(F)F. The van der Waals surface area contributed by atoms with Crippen molar-refractivity contribution in [3.63, 3.8) is 0 Å². The first-order valence-electron chi connectivity index (χ1n) is 4.19. The summed E-state index contributed by atoms with van der Waals surface area (Å²) in [5.41, 5.74) is 0.345. The Labute approximate surface area is 87.2 Å². The Kier molecular flexibility index (Phi) is 4.60. The summed E-state index contributed by atoms with van der Waals surface area (Å²) in [4.78, 5) is 0. The molecule has 0 amide bonds. The van der Waals surface area contributed by atoms with Crippen molar-refractivity contribution >= 4 is 0 Å². The second kappa shape index (κ2) is 4.76. The van der Waals surface area contributed by atoms with Gasteiger partial charge in [-0.2, -0.15) is 26.3 Å². The fourth-order valence-corrected chi connectivity index (χ4v) is 1.05. The number of halogens is 6. The highest BCUT2D eigenvalue weighted by atomic mass is 19.4. The minimum absolute atomic E-state index is 0.684. The minimum Gasteiger partial charge on any atom is -0.376 e. The highest BCUT2D eigenvalue weighted by molar-refractivity contribution is 4.95. The van der Waals surface area contributed by atoms with E-state index in [0.717, 1.165) is 0 Å². The molecule has 0 aliphatic heterocycles. The molecule has 3 N–H and O–H groups in total. The molecule has 0 aromatic rings. The Bertz CT molecular complexity index is 210. The van der Waals surface area contributed by atoms with Crippen molar-refractivity contribution in [3.05, 3.63) is 0 Å². The van der Waals surface area contributed by atoms with Crippen LogP contribution in [0.1, 0.15) is 13.3 Å². The standard InChI is InChI=1S/C7H11F6NO2/c1-2-5(6(8,9)10,7(11,12)13)16-3-4(14)15/h4,15H,2-3,14H2,1H3/t4-/m1/s1. The first-order valence-corrected chi connectivity index (χ1v) is 4.19. The molecule has 0 aliphatic rings. The number of nitrogens with two attached hydrogens (primary N) is 1. The van der Waals surface area contributed by atoms with Crippen molar-refractivity contribution < 1.29 is 36.2 Å². The van der Waals surface area contributed by atoms with Gasteiger partial charge in [0.1, 0.15) is 6.23 Å². The lowest BCUT2D eigenvalue weighted by atomic mass is 9.99. The quantitative estimate of drug-likeness (QED) is 0.592. The number of aliphatic hydroxyl groups is 1. The minimum atomic E-state index is -5.63. The highest BCUT2D eigenvalue weighted by Crippen LogP contribution is 2.47. The van der Waals surface area contributed by atoms with E-state index in [4.69, 9.17) is 5.11 Å². The number of aliphatic hydroxyl groups excluding tert-OH is 1. The zero-order valence-corrected chi connectivity index (χ0v) is 8.19. The number of hydrogen-bond acceptors (Lipinski definition) is 3. The van der Waals surface area contributed by atoms with Gasteiger partial charge in [0.15, 0.2) is 0 Å². The van der Waals surface area contributed by atoms with Gasteiger partial charge in [0, 0.05) is 0 Å². The van der Waals surface area contributed by atoms with Crippen molar-refractivity contribution in [1.29, 1.82) is 0 Å². The van der Waals surface area contributed by atoms with Crippen LogP contribution in [0.3, 0.4) is 0 Å². The maximum absolute atomic E-state index is 12.4. The third-order valence-corrected chi connectivity index (χ3v) is 1.91. The Morgan fingerprint density at radius 1 is 1.12 bits per heavy atom. The molecule has 0 unspecified atom stereocenters. The maximum Gasteiger partial charge on any atom is 0.426 e. The van der Waals surface area contributed by atoms with Gasteiger partial charge in [0.2, 0.25) is 0 Å². The normalized spacial score (nSPS) is 16.3. The Hall–Kier alpha value is -0.540. The van der Waals surface area contributed by atoms with Crippen LogP contribution >= 0.6 is 0 Å². The second-order valence-corrected chi connectivity index (χ2v) is 3.05. The van der Waals surface area contributed by atoms with Gasteiger partial charge in [-0.05, 0) is 6.42 Å². The lowest BCUT2D eigenvalue weighted by Gasteiger charge is -2.36. The Morgan fingerprint density at radius 2 is 1.50 bits per heavy atom. The molecule has 0 spiro atoms. The molecule has 1 atom stereocenters. The number of rotatable bonds is 4. The van der Waals surface area contributed by atoms with Crippen LogP contribution in [-0.4, -0.2) is 35.9 Å². The van der Waals surface area contributed by atoms with Gasteiger partial charge in [-0.1, -0.05) is 6.92 Å². The van der Waals surface area contributed by atoms with Crippen LogP contribution in [-0.2, 0) is 4.74 Å². The summed E-state index contributed by atoms with van der Waals surface area (Å²) >= 11 is 0. The summed E-state index contributed by atoms with van der Waals surface area (Å²) in [6, 6.07) is 0. The average molecular weight is 255 g/mol. The van der Waals surface area contributed by atoms with Crippen LogP contribution in [0.25, 0.3) is 0 Å². The topological polar surface area (TPSA) is 55.5 Å². The van der Waals surface area contributed by atoms with Crippen LogP contribution in [0.5, 0.6) is 0 Å². The van der Waals surface area contributed by atoms with E-state index in [2.05, 4.69) is 10.5 Å². The van der Waals surface area contributed by atoms with Crippen LogP contribution in [0.4, 0.5) is 26.3 Å². The van der Waals surface area contributed by atoms with Gasteiger partial charge >= 0.3 is 12.4 Å². The molecule has 3 nitrogen and oxygen atoms in total. The summed E-state index contributed by atoms with van der Waals surface area (Å²) in [5.74, 6) is 0. The van der Waals surface area contributed by atoms with Crippen LogP contribution in [0.15, 0.2) is 0 Å². The zero-order valence-electron chi connectivity index (χ0n) is 8.19. The van der Waals surface area contributed by atoms with E-state index in [9.17, 15) is 26.3 Å². The van der Waals surface area contributed by atoms with E-state index >= 15 is 0 Å². The monoisotopic (exact) mass is 255 g/mol. The van der Waals surface area contributed by atoms with Gasteiger partial charge in [0.25, 0.3) is 5.60 Å². The number of alkyl halides is 6. The predicted octanol–water partition coefficient (Wildman–Crippen LogP) is 1.55.